The minimum atomic E-state index is -4.64. The van der Waals surface area contributed by atoms with Crippen LogP contribution >= 0.6 is 11.6 Å². The molecule has 10 nitrogen and oxygen atoms in total. The van der Waals surface area contributed by atoms with Crippen molar-refractivity contribution >= 4 is 23.2 Å². The quantitative estimate of drug-likeness (QED) is 0.279. The molecule has 3 aromatic rings. The number of carbonyl (C=O) groups is 1. The molecule has 33 heavy (non-hydrogen) atoms. The zero-order valence-electron chi connectivity index (χ0n) is 17.2. The number of nitrogens with one attached hydrogen (secondary N) is 1. The van der Waals surface area contributed by atoms with E-state index in [1.807, 2.05) is 0 Å². The molecule has 0 spiro atoms. The molecule has 3 rings (SSSR count). The van der Waals surface area contributed by atoms with E-state index in [0.717, 1.165) is 4.68 Å². The van der Waals surface area contributed by atoms with Crippen molar-refractivity contribution < 1.29 is 27.6 Å². The Labute approximate surface area is 190 Å². The fraction of sp³-hybridized carbons (Fsp3) is 0.316. The summed E-state index contributed by atoms with van der Waals surface area (Å²) in [5.41, 5.74) is -1.07. The van der Waals surface area contributed by atoms with Crippen molar-refractivity contribution in [2.45, 2.75) is 32.8 Å². The van der Waals surface area contributed by atoms with Crippen LogP contribution in [-0.4, -0.2) is 36.9 Å². The van der Waals surface area contributed by atoms with Crippen LogP contribution in [0.2, 0.25) is 5.02 Å². The molecule has 1 N–H and O–H groups in total. The molecule has 2 aromatic heterocycles. The molecule has 1 aromatic carbocycles. The van der Waals surface area contributed by atoms with Crippen LogP contribution in [0, 0.1) is 17.0 Å². The van der Waals surface area contributed by atoms with Crippen molar-refractivity contribution in [2.24, 2.45) is 0 Å². The number of carbonyl (C=O) groups excluding carboxylic acids is 1. The first-order chi connectivity index (χ1) is 15.6. The molecular weight excluding hydrogens is 469 g/mol. The third kappa shape index (κ3) is 5.80. The number of aryl methyl sites for hydroxylation is 1. The Hall–Kier alpha value is -3.61. The van der Waals surface area contributed by atoms with Crippen LogP contribution in [-0.2, 0) is 19.5 Å². The predicted octanol–water partition coefficient (Wildman–Crippen LogP) is 3.83. The molecule has 0 aliphatic heterocycles. The monoisotopic (exact) mass is 486 g/mol. The maximum absolute atomic E-state index is 12.9. The van der Waals surface area contributed by atoms with E-state index in [0.29, 0.717) is 6.42 Å². The number of rotatable bonds is 9. The Balaban J connectivity index is 1.49. The number of hydrogen-bond donors (Lipinski definition) is 1. The Bertz CT molecular complexity index is 1160. The van der Waals surface area contributed by atoms with Gasteiger partial charge in [0.05, 0.1) is 15.6 Å². The molecule has 0 saturated heterocycles. The van der Waals surface area contributed by atoms with Gasteiger partial charge in [0.25, 0.3) is 5.91 Å². The number of para-hydroxylation sites is 2. The number of ether oxygens (including phenoxy) is 1. The number of halogens is 4. The summed E-state index contributed by atoms with van der Waals surface area (Å²) < 4.78 is 46.4. The van der Waals surface area contributed by atoms with E-state index in [1.54, 1.807) is 6.07 Å². The summed E-state index contributed by atoms with van der Waals surface area (Å²) in [5.74, 6) is -0.433. The largest absolute Gasteiger partial charge is 0.464 e. The maximum Gasteiger partial charge on any atom is 0.436 e. The highest BCUT2D eigenvalue weighted by Gasteiger charge is 2.38. The van der Waals surface area contributed by atoms with Crippen molar-refractivity contribution in [3.8, 4) is 5.75 Å². The summed E-state index contributed by atoms with van der Waals surface area (Å²) in [6.07, 6.45) is -2.86. The van der Waals surface area contributed by atoms with E-state index >= 15 is 0 Å². The summed E-state index contributed by atoms with van der Waals surface area (Å²) in [7, 11) is 0. The molecule has 176 valence electrons. The smallest absolute Gasteiger partial charge is 0.436 e. The standard InChI is InChI=1S/C19H18ClF3N6O4/c1-12-16(20)17(19(21,22)23)26-28(12)9-4-8-24-18(30)13-7-10-27(25-13)11-33-15-6-3-2-5-14(15)29(31)32/h2-3,5-7,10H,4,8-9,11H2,1H3,(H,24,30). The van der Waals surface area contributed by atoms with Gasteiger partial charge in [-0.05, 0) is 25.5 Å². The van der Waals surface area contributed by atoms with Crippen LogP contribution in [0.5, 0.6) is 5.75 Å². The lowest BCUT2D eigenvalue weighted by Crippen LogP contribution is -2.26. The highest BCUT2D eigenvalue weighted by atomic mass is 35.5. The van der Waals surface area contributed by atoms with Gasteiger partial charge < -0.3 is 10.1 Å². The van der Waals surface area contributed by atoms with Crippen molar-refractivity contribution in [3.63, 3.8) is 0 Å². The first-order valence-electron chi connectivity index (χ1n) is 9.56. The zero-order valence-corrected chi connectivity index (χ0v) is 17.9. The minimum Gasteiger partial charge on any atom is -0.464 e. The Morgan fingerprint density at radius 2 is 2.00 bits per heavy atom. The minimum absolute atomic E-state index is 0.0618. The van der Waals surface area contributed by atoms with Gasteiger partial charge in [0.15, 0.2) is 18.2 Å². The van der Waals surface area contributed by atoms with Crippen LogP contribution < -0.4 is 10.1 Å². The van der Waals surface area contributed by atoms with Gasteiger partial charge >= 0.3 is 11.9 Å². The number of hydrogen-bond acceptors (Lipinski definition) is 6. The average Bonchev–Trinajstić information content (AvgIpc) is 3.35. The fourth-order valence-electron chi connectivity index (χ4n) is 2.86. The fourth-order valence-corrected chi connectivity index (χ4v) is 3.11. The lowest BCUT2D eigenvalue weighted by Gasteiger charge is -2.07. The summed E-state index contributed by atoms with van der Waals surface area (Å²) in [6, 6.07) is 7.29. The lowest BCUT2D eigenvalue weighted by molar-refractivity contribution is -0.386. The molecule has 0 aliphatic rings. The number of nitrogens with zero attached hydrogens (tertiary/aromatic N) is 5. The summed E-state index contributed by atoms with van der Waals surface area (Å²) >= 11 is 5.71. The highest BCUT2D eigenvalue weighted by Crippen LogP contribution is 2.35. The third-order valence-corrected chi connectivity index (χ3v) is 4.97. The second kappa shape index (κ2) is 9.90. The second-order valence-corrected chi connectivity index (χ2v) is 7.20. The molecule has 14 heteroatoms. The van der Waals surface area contributed by atoms with E-state index < -0.39 is 27.7 Å². The Kier molecular flexibility index (Phi) is 7.21. The van der Waals surface area contributed by atoms with Crippen molar-refractivity contribution in [1.82, 2.24) is 24.9 Å². The number of aromatic nitrogens is 4. The first-order valence-corrected chi connectivity index (χ1v) is 9.93. The Morgan fingerprint density at radius 1 is 1.27 bits per heavy atom. The van der Waals surface area contributed by atoms with Gasteiger partial charge in [-0.25, -0.2) is 4.68 Å². The second-order valence-electron chi connectivity index (χ2n) is 6.82. The third-order valence-electron chi connectivity index (χ3n) is 4.52. The van der Waals surface area contributed by atoms with Gasteiger partial charge in [0, 0.05) is 25.4 Å². The Morgan fingerprint density at radius 3 is 2.67 bits per heavy atom. The molecule has 0 bridgehead atoms. The molecule has 0 unspecified atom stereocenters. The van der Waals surface area contributed by atoms with Crippen LogP contribution in [0.1, 0.15) is 28.3 Å². The van der Waals surface area contributed by atoms with Crippen molar-refractivity contribution in [1.29, 1.82) is 0 Å². The van der Waals surface area contributed by atoms with Crippen LogP contribution in [0.25, 0.3) is 0 Å². The summed E-state index contributed by atoms with van der Waals surface area (Å²) in [5, 5.41) is 20.7. The van der Waals surface area contributed by atoms with Crippen LogP contribution in [0.3, 0.4) is 0 Å². The van der Waals surface area contributed by atoms with Gasteiger partial charge in [0.1, 0.15) is 5.69 Å². The van der Waals surface area contributed by atoms with E-state index in [2.05, 4.69) is 15.5 Å². The van der Waals surface area contributed by atoms with E-state index in [4.69, 9.17) is 16.3 Å². The van der Waals surface area contributed by atoms with E-state index in [-0.39, 0.29) is 42.6 Å². The molecule has 1 amide bonds. The van der Waals surface area contributed by atoms with Crippen LogP contribution in [0.4, 0.5) is 18.9 Å². The number of nitro benzene ring substituents is 1. The molecular formula is C19H18ClF3N6O4. The summed E-state index contributed by atoms with van der Waals surface area (Å²) in [4.78, 5) is 22.7. The van der Waals surface area contributed by atoms with Gasteiger partial charge in [-0.2, -0.15) is 23.4 Å². The SMILES string of the molecule is Cc1c(Cl)c(C(F)(F)F)nn1CCCNC(=O)c1ccn(COc2ccccc2[N+](=O)[O-])n1. The first kappa shape index (κ1) is 24.0. The summed E-state index contributed by atoms with van der Waals surface area (Å²) in [6.45, 7) is 1.57. The van der Waals surface area contributed by atoms with Crippen LogP contribution in [0.15, 0.2) is 36.5 Å². The zero-order chi connectivity index (χ0) is 24.2. The average molecular weight is 487 g/mol. The van der Waals surface area contributed by atoms with Crippen molar-refractivity contribution in [2.75, 3.05) is 6.54 Å². The highest BCUT2D eigenvalue weighted by molar-refractivity contribution is 6.31. The number of amides is 1. The number of alkyl halides is 3. The molecule has 0 saturated carbocycles. The van der Waals surface area contributed by atoms with E-state index in [1.165, 1.54) is 42.1 Å². The lowest BCUT2D eigenvalue weighted by atomic mass is 10.3. The number of benzene rings is 1. The van der Waals surface area contributed by atoms with Gasteiger partial charge in [-0.15, -0.1) is 0 Å². The molecule has 0 aliphatic carbocycles. The topological polar surface area (TPSA) is 117 Å². The molecule has 2 heterocycles. The normalized spacial score (nSPS) is 11.4. The van der Waals surface area contributed by atoms with Gasteiger partial charge in [0.2, 0.25) is 0 Å². The van der Waals surface area contributed by atoms with Crippen molar-refractivity contribution in [3.05, 3.63) is 68.7 Å². The van der Waals surface area contributed by atoms with Gasteiger partial charge in [-0.1, -0.05) is 23.7 Å². The van der Waals surface area contributed by atoms with Gasteiger partial charge in [-0.3, -0.25) is 19.6 Å². The molecule has 0 fully saturated rings. The maximum atomic E-state index is 12.9. The predicted molar refractivity (Wildman–Crippen MR) is 110 cm³/mol. The molecule has 0 radical (unpaired) electrons. The van der Waals surface area contributed by atoms with E-state index in [9.17, 15) is 28.1 Å². The number of nitro groups is 1. The molecule has 0 atom stereocenters.